The fourth-order valence-electron chi connectivity index (χ4n) is 0.680. The fraction of sp³-hybridized carbons (Fsp3) is 0.833. The van der Waals surface area contributed by atoms with E-state index >= 15 is 0 Å². The Morgan fingerprint density at radius 3 is 2.75 bits per heavy atom. The summed E-state index contributed by atoms with van der Waals surface area (Å²) in [6, 6.07) is -0.0449. The number of hydrogen-bond donors (Lipinski definition) is 2. The van der Waals surface area contributed by atoms with Crippen LogP contribution in [0.2, 0.25) is 0 Å². The van der Waals surface area contributed by atoms with Crippen LogP contribution in [-0.4, -0.2) is 38.1 Å². The summed E-state index contributed by atoms with van der Waals surface area (Å²) >= 11 is -0.224. The van der Waals surface area contributed by atoms with Gasteiger partial charge in [-0.2, -0.15) is 0 Å². The van der Waals surface area contributed by atoms with Gasteiger partial charge in [0.15, 0.2) is 0 Å². The molecule has 74 valence electrons. The second-order valence-electron chi connectivity index (χ2n) is 2.62. The second kappa shape index (κ2) is 8.01. The van der Waals surface area contributed by atoms with Crippen LogP contribution in [0.3, 0.4) is 0 Å². The number of carbonyl (C=O) groups is 1. The molecule has 0 aliphatic heterocycles. The van der Waals surface area contributed by atoms with Crippen molar-refractivity contribution in [1.82, 2.24) is 13.7 Å². The van der Waals surface area contributed by atoms with Gasteiger partial charge < -0.3 is 0 Å². The van der Waals surface area contributed by atoms with E-state index in [4.69, 9.17) is 0 Å². The van der Waals surface area contributed by atoms with Crippen LogP contribution in [-0.2, 0) is 0 Å². The van der Waals surface area contributed by atoms with Crippen molar-refractivity contribution in [3.05, 3.63) is 0 Å². The van der Waals surface area contributed by atoms with Crippen LogP contribution >= 0.6 is 6.88 Å². The number of nitrogens with one attached hydrogen (secondary N) is 2. The molecule has 2 amide bonds. The van der Waals surface area contributed by atoms with E-state index in [1.165, 1.54) is 0 Å². The topological polar surface area (TPSA) is 44.4 Å². The third-order valence-corrected chi connectivity index (χ3v) is 2.74. The van der Waals surface area contributed by atoms with Crippen LogP contribution in [0.1, 0.15) is 6.42 Å². The van der Waals surface area contributed by atoms with Gasteiger partial charge in [0.1, 0.15) is 0 Å². The molecule has 0 aromatic heterocycles. The first-order valence-electron chi connectivity index (χ1n) is 3.68. The molecular weight excluding hydrogens is 288 g/mol. The van der Waals surface area contributed by atoms with Crippen LogP contribution < -0.4 is 29.8 Å². The SMILES string of the molecule is CN(C)CCCNC(=O)N[I-]P. The molecule has 0 aromatic carbocycles. The molecule has 1 unspecified atom stereocenters. The van der Waals surface area contributed by atoms with E-state index in [0.717, 1.165) is 19.5 Å². The van der Waals surface area contributed by atoms with E-state index in [1.807, 2.05) is 14.1 Å². The van der Waals surface area contributed by atoms with Crippen molar-refractivity contribution in [2.45, 2.75) is 6.42 Å². The number of halogens is 1. The van der Waals surface area contributed by atoms with Gasteiger partial charge in [-0.25, -0.2) is 0 Å². The average molecular weight is 304 g/mol. The molecule has 6 heteroatoms. The molecule has 0 heterocycles. The van der Waals surface area contributed by atoms with Gasteiger partial charge in [-0.15, -0.1) is 0 Å². The van der Waals surface area contributed by atoms with Gasteiger partial charge in [-0.3, -0.25) is 0 Å². The third kappa shape index (κ3) is 8.49. The minimum atomic E-state index is -0.224. The van der Waals surface area contributed by atoms with E-state index in [9.17, 15) is 4.79 Å². The van der Waals surface area contributed by atoms with Crippen molar-refractivity contribution in [3.8, 4) is 0 Å². The Labute approximate surface area is 86.0 Å². The molecule has 0 saturated carbocycles. The number of amides is 2. The van der Waals surface area contributed by atoms with Crippen LogP contribution in [0.4, 0.5) is 4.79 Å². The Hall–Kier alpha value is 0.390. The van der Waals surface area contributed by atoms with Crippen molar-refractivity contribution in [2.75, 3.05) is 27.2 Å². The first-order valence-corrected chi connectivity index (χ1v) is 8.93. The van der Waals surface area contributed by atoms with Gasteiger partial charge >= 0.3 is 86.0 Å². The molecule has 0 aliphatic rings. The van der Waals surface area contributed by atoms with Crippen LogP contribution in [0.5, 0.6) is 0 Å². The van der Waals surface area contributed by atoms with Gasteiger partial charge in [-0.05, 0) is 0 Å². The number of nitrogens with zero attached hydrogens (tertiary/aromatic N) is 1. The Morgan fingerprint density at radius 1 is 1.58 bits per heavy atom. The Balaban J connectivity index is 3.14. The summed E-state index contributed by atoms with van der Waals surface area (Å²) in [5.41, 5.74) is 0. The molecule has 0 spiro atoms. The Bertz CT molecular complexity index is 134. The average Bonchev–Trinajstić information content (AvgIpc) is 1.98. The fourth-order valence-corrected chi connectivity index (χ4v) is 1.82. The van der Waals surface area contributed by atoms with E-state index < -0.39 is 0 Å². The first kappa shape index (κ1) is 12.4. The summed E-state index contributed by atoms with van der Waals surface area (Å²) in [4.78, 5) is 13.0. The molecule has 0 rings (SSSR count). The molecular formula is C6H16IN3OP-. The zero-order valence-electron chi connectivity index (χ0n) is 7.43. The number of urea groups is 1. The molecule has 0 aliphatic carbocycles. The second-order valence-corrected chi connectivity index (χ2v) is 5.24. The number of hydrogen-bond acceptors (Lipinski definition) is 2. The van der Waals surface area contributed by atoms with Crippen molar-refractivity contribution >= 4 is 12.9 Å². The molecule has 0 fully saturated rings. The van der Waals surface area contributed by atoms with Crippen molar-refractivity contribution in [1.29, 1.82) is 0 Å². The summed E-state index contributed by atoms with van der Waals surface area (Å²) in [6.07, 6.45) is 0.996. The molecule has 4 nitrogen and oxygen atoms in total. The number of rotatable bonds is 5. The van der Waals surface area contributed by atoms with Crippen molar-refractivity contribution in [2.24, 2.45) is 0 Å². The summed E-state index contributed by atoms with van der Waals surface area (Å²) in [5.74, 6) is 0. The van der Waals surface area contributed by atoms with Gasteiger partial charge in [0.25, 0.3) is 0 Å². The normalized spacial score (nSPS) is 10.3. The molecule has 12 heavy (non-hydrogen) atoms. The van der Waals surface area contributed by atoms with Crippen LogP contribution in [0.25, 0.3) is 0 Å². The van der Waals surface area contributed by atoms with Crippen molar-refractivity contribution < 1.29 is 25.7 Å². The maximum absolute atomic E-state index is 10.9. The standard InChI is InChI=1S/C6H16IN3OP/c1-10(2)5-3-4-8-6(11)9-7-12/h3-5,12H2,1-2H3,(H2,8,9,11)/q-1. The van der Waals surface area contributed by atoms with E-state index in [1.54, 1.807) is 0 Å². The predicted molar refractivity (Wildman–Crippen MR) is 49.4 cm³/mol. The molecule has 1 atom stereocenters. The molecule has 0 saturated heterocycles. The van der Waals surface area contributed by atoms with Crippen LogP contribution in [0, 0.1) is 0 Å². The van der Waals surface area contributed by atoms with Gasteiger partial charge in [0.2, 0.25) is 0 Å². The molecule has 0 bridgehead atoms. The van der Waals surface area contributed by atoms with Gasteiger partial charge in [0.05, 0.1) is 0 Å². The summed E-state index contributed by atoms with van der Waals surface area (Å²) in [7, 11) is 4.04. The zero-order valence-corrected chi connectivity index (χ0v) is 10.7. The van der Waals surface area contributed by atoms with Crippen LogP contribution in [0.15, 0.2) is 0 Å². The van der Waals surface area contributed by atoms with Gasteiger partial charge in [-0.1, -0.05) is 0 Å². The summed E-state index contributed by atoms with van der Waals surface area (Å²) < 4.78 is 2.74. The maximum atomic E-state index is 10.9. The Kier molecular flexibility index (Phi) is 8.27. The molecule has 0 radical (unpaired) electrons. The third-order valence-electron chi connectivity index (χ3n) is 1.21. The summed E-state index contributed by atoms with van der Waals surface area (Å²) in [5, 5.41) is 2.78. The van der Waals surface area contributed by atoms with Gasteiger partial charge in [0, 0.05) is 0 Å². The monoisotopic (exact) mass is 304 g/mol. The molecule has 2 N–H and O–H groups in total. The molecule has 0 aromatic rings. The number of carbonyl (C=O) groups excluding carboxylic acids is 1. The van der Waals surface area contributed by atoms with E-state index in [2.05, 4.69) is 20.6 Å². The van der Waals surface area contributed by atoms with E-state index in [0.29, 0.717) is 0 Å². The first-order chi connectivity index (χ1) is 5.66. The summed E-state index contributed by atoms with van der Waals surface area (Å²) in [6.45, 7) is 4.30. The van der Waals surface area contributed by atoms with Crippen molar-refractivity contribution in [3.63, 3.8) is 0 Å². The quantitative estimate of drug-likeness (QED) is 0.247. The van der Waals surface area contributed by atoms with E-state index in [-0.39, 0.29) is 27.0 Å². The predicted octanol–water partition coefficient (Wildman–Crippen LogP) is -2.97. The Morgan fingerprint density at radius 2 is 2.25 bits per heavy atom. The zero-order chi connectivity index (χ0) is 9.40. The minimum absolute atomic E-state index is 0.0449.